The van der Waals surface area contributed by atoms with Crippen molar-refractivity contribution in [3.05, 3.63) is 48.0 Å². The largest absolute Gasteiger partial charge is 0.394 e. The van der Waals surface area contributed by atoms with Crippen LogP contribution in [0.25, 0.3) is 10.8 Å². The van der Waals surface area contributed by atoms with E-state index in [1.807, 2.05) is 42.5 Å². The summed E-state index contributed by atoms with van der Waals surface area (Å²) in [5, 5.41) is 17.0. The molecule has 2 aromatic carbocycles. The molecule has 0 unspecified atom stereocenters. The summed E-state index contributed by atoms with van der Waals surface area (Å²) in [5.74, 6) is -0.666. The average molecular weight is 385 g/mol. The van der Waals surface area contributed by atoms with Crippen LogP contribution in [0.1, 0.15) is 5.56 Å². The van der Waals surface area contributed by atoms with Crippen LogP contribution in [-0.4, -0.2) is 73.9 Å². The number of fused-ring (bicyclic) bond motifs is 1. The predicted octanol–water partition coefficient (Wildman–Crippen LogP) is 0.308. The number of aliphatic hydroxyl groups excluding tert-OH is 1. The molecule has 2 amide bonds. The van der Waals surface area contributed by atoms with Gasteiger partial charge in [0.1, 0.15) is 6.04 Å². The molecule has 1 atom stereocenters. The molecular weight excluding hydrogens is 358 g/mol. The number of rotatable bonds is 8. The topological polar surface area (TPSA) is 90.9 Å². The Morgan fingerprint density at radius 3 is 2.64 bits per heavy atom. The predicted molar refractivity (Wildman–Crippen MR) is 107 cm³/mol. The van der Waals surface area contributed by atoms with Crippen molar-refractivity contribution >= 4 is 22.6 Å². The fourth-order valence-corrected chi connectivity index (χ4v) is 3.34. The zero-order valence-electron chi connectivity index (χ0n) is 15.9. The third-order valence-electron chi connectivity index (χ3n) is 4.90. The van der Waals surface area contributed by atoms with Gasteiger partial charge in [0.15, 0.2) is 0 Å². The Hall–Kier alpha value is -2.48. The van der Waals surface area contributed by atoms with Gasteiger partial charge in [-0.3, -0.25) is 14.5 Å². The first-order chi connectivity index (χ1) is 13.7. The van der Waals surface area contributed by atoms with Crippen LogP contribution in [0.2, 0.25) is 0 Å². The summed E-state index contributed by atoms with van der Waals surface area (Å²) >= 11 is 0. The summed E-state index contributed by atoms with van der Waals surface area (Å²) < 4.78 is 5.29. The first kappa shape index (κ1) is 20.3. The number of aliphatic hydroxyl groups is 1. The highest BCUT2D eigenvalue weighted by molar-refractivity contribution is 5.92. The van der Waals surface area contributed by atoms with Gasteiger partial charge in [-0.05, 0) is 16.3 Å². The summed E-state index contributed by atoms with van der Waals surface area (Å²) in [6.45, 7) is 3.85. The van der Waals surface area contributed by atoms with Crippen LogP contribution in [0, 0.1) is 0 Å². The standard InChI is InChI=1S/C21H27N3O4/c25-15-19(21(27)22-8-9-24-10-12-28-13-11-24)23-20(26)14-17-6-3-5-16-4-1-2-7-18(16)17/h1-7,19,25H,8-15H2,(H,22,27)(H,23,26)/t19-/m0/s1. The van der Waals surface area contributed by atoms with Gasteiger partial charge >= 0.3 is 0 Å². The van der Waals surface area contributed by atoms with Gasteiger partial charge in [0.05, 0.1) is 26.2 Å². The molecule has 1 saturated heterocycles. The molecule has 0 saturated carbocycles. The number of hydrogen-bond donors (Lipinski definition) is 3. The molecule has 0 radical (unpaired) electrons. The van der Waals surface area contributed by atoms with Gasteiger partial charge in [0, 0.05) is 26.2 Å². The average Bonchev–Trinajstić information content (AvgIpc) is 2.73. The molecule has 7 nitrogen and oxygen atoms in total. The quantitative estimate of drug-likeness (QED) is 0.608. The molecule has 0 spiro atoms. The summed E-state index contributed by atoms with van der Waals surface area (Å²) in [4.78, 5) is 26.9. The highest BCUT2D eigenvalue weighted by Gasteiger charge is 2.20. The first-order valence-corrected chi connectivity index (χ1v) is 9.62. The maximum absolute atomic E-state index is 12.4. The Bertz CT molecular complexity index is 800. The summed E-state index contributed by atoms with van der Waals surface area (Å²) in [5.41, 5.74) is 0.889. The monoisotopic (exact) mass is 385 g/mol. The van der Waals surface area contributed by atoms with Crippen LogP contribution >= 0.6 is 0 Å². The van der Waals surface area contributed by atoms with Crippen LogP contribution < -0.4 is 10.6 Å². The molecule has 3 N–H and O–H groups in total. The molecular formula is C21H27N3O4. The van der Waals surface area contributed by atoms with Crippen LogP contribution in [-0.2, 0) is 20.7 Å². The van der Waals surface area contributed by atoms with Crippen molar-refractivity contribution in [2.75, 3.05) is 46.0 Å². The number of hydrogen-bond acceptors (Lipinski definition) is 5. The Morgan fingerprint density at radius 1 is 1.11 bits per heavy atom. The van der Waals surface area contributed by atoms with E-state index in [-0.39, 0.29) is 18.2 Å². The van der Waals surface area contributed by atoms with Crippen molar-refractivity contribution in [1.82, 2.24) is 15.5 Å². The first-order valence-electron chi connectivity index (χ1n) is 9.62. The Kier molecular flexibility index (Phi) is 7.36. The molecule has 0 aromatic heterocycles. The molecule has 3 rings (SSSR count). The minimum Gasteiger partial charge on any atom is -0.394 e. The van der Waals surface area contributed by atoms with Gasteiger partial charge < -0.3 is 20.5 Å². The minimum absolute atomic E-state index is 0.152. The second kappa shape index (κ2) is 10.2. The molecule has 1 aliphatic heterocycles. The smallest absolute Gasteiger partial charge is 0.245 e. The molecule has 28 heavy (non-hydrogen) atoms. The zero-order valence-corrected chi connectivity index (χ0v) is 15.9. The van der Waals surface area contributed by atoms with Gasteiger partial charge in [-0.15, -0.1) is 0 Å². The number of morpholine rings is 1. The lowest BCUT2D eigenvalue weighted by molar-refractivity contribution is -0.129. The molecule has 7 heteroatoms. The van der Waals surface area contributed by atoms with Crippen LogP contribution in [0.4, 0.5) is 0 Å². The van der Waals surface area contributed by atoms with E-state index >= 15 is 0 Å². The maximum atomic E-state index is 12.4. The normalized spacial score (nSPS) is 15.9. The third-order valence-corrected chi connectivity index (χ3v) is 4.90. The van der Waals surface area contributed by atoms with Crippen molar-refractivity contribution in [3.63, 3.8) is 0 Å². The van der Waals surface area contributed by atoms with E-state index in [1.165, 1.54) is 0 Å². The van der Waals surface area contributed by atoms with E-state index in [0.29, 0.717) is 19.8 Å². The number of carbonyl (C=O) groups excluding carboxylic acids is 2. The lowest BCUT2D eigenvalue weighted by Gasteiger charge is -2.26. The van der Waals surface area contributed by atoms with Gasteiger partial charge in [-0.25, -0.2) is 0 Å². The van der Waals surface area contributed by atoms with Crippen molar-refractivity contribution in [2.45, 2.75) is 12.5 Å². The highest BCUT2D eigenvalue weighted by atomic mass is 16.5. The van der Waals surface area contributed by atoms with E-state index in [2.05, 4.69) is 15.5 Å². The second-order valence-corrected chi connectivity index (χ2v) is 6.86. The van der Waals surface area contributed by atoms with Gasteiger partial charge in [-0.2, -0.15) is 0 Å². The van der Waals surface area contributed by atoms with E-state index in [0.717, 1.165) is 36.0 Å². The number of nitrogens with one attached hydrogen (secondary N) is 2. The van der Waals surface area contributed by atoms with Crippen molar-refractivity contribution in [1.29, 1.82) is 0 Å². The zero-order chi connectivity index (χ0) is 19.8. The Labute approximate surface area is 164 Å². The molecule has 1 fully saturated rings. The summed E-state index contributed by atoms with van der Waals surface area (Å²) in [6.07, 6.45) is 0.152. The second-order valence-electron chi connectivity index (χ2n) is 6.86. The fraction of sp³-hybridized carbons (Fsp3) is 0.429. The van der Waals surface area contributed by atoms with Gasteiger partial charge in [-0.1, -0.05) is 42.5 Å². The number of ether oxygens (including phenoxy) is 1. The molecule has 0 aliphatic carbocycles. The number of benzene rings is 2. The van der Waals surface area contributed by atoms with Crippen LogP contribution in [0.3, 0.4) is 0 Å². The fourth-order valence-electron chi connectivity index (χ4n) is 3.34. The summed E-state index contributed by atoms with van der Waals surface area (Å²) in [6, 6.07) is 12.7. The maximum Gasteiger partial charge on any atom is 0.245 e. The molecule has 1 heterocycles. The lowest BCUT2D eigenvalue weighted by Crippen LogP contribution is -2.51. The molecule has 0 bridgehead atoms. The van der Waals surface area contributed by atoms with Gasteiger partial charge in [0.2, 0.25) is 11.8 Å². The van der Waals surface area contributed by atoms with Crippen LogP contribution in [0.5, 0.6) is 0 Å². The highest BCUT2D eigenvalue weighted by Crippen LogP contribution is 2.18. The van der Waals surface area contributed by atoms with E-state index < -0.39 is 12.6 Å². The summed E-state index contributed by atoms with van der Waals surface area (Å²) in [7, 11) is 0. The van der Waals surface area contributed by atoms with Crippen molar-refractivity contribution in [3.8, 4) is 0 Å². The van der Waals surface area contributed by atoms with E-state index in [4.69, 9.17) is 4.74 Å². The molecule has 1 aliphatic rings. The number of nitrogens with zero attached hydrogens (tertiary/aromatic N) is 1. The van der Waals surface area contributed by atoms with Crippen molar-refractivity contribution in [2.24, 2.45) is 0 Å². The minimum atomic E-state index is -0.952. The number of amides is 2. The van der Waals surface area contributed by atoms with Gasteiger partial charge in [0.25, 0.3) is 0 Å². The SMILES string of the molecule is O=C(Cc1cccc2ccccc12)N[C@@H](CO)C(=O)NCCN1CCOCC1. The van der Waals surface area contributed by atoms with E-state index in [9.17, 15) is 14.7 Å². The molecule has 2 aromatic rings. The number of carbonyl (C=O) groups is 2. The van der Waals surface area contributed by atoms with E-state index in [1.54, 1.807) is 0 Å². The molecule has 150 valence electrons. The Morgan fingerprint density at radius 2 is 1.86 bits per heavy atom. The lowest BCUT2D eigenvalue weighted by atomic mass is 10.0. The Balaban J connectivity index is 1.50. The van der Waals surface area contributed by atoms with Crippen molar-refractivity contribution < 1.29 is 19.4 Å². The third kappa shape index (κ3) is 5.51. The van der Waals surface area contributed by atoms with Crippen LogP contribution in [0.15, 0.2) is 42.5 Å².